The molecule has 0 unspecified atom stereocenters. The molecule has 0 aliphatic rings. The molecular weight excluding hydrogens is 520 g/mol. The van der Waals surface area contributed by atoms with E-state index in [0.29, 0.717) is 18.7 Å². The quantitative estimate of drug-likeness (QED) is 0.167. The number of benzene rings is 4. The smallest absolute Gasteiger partial charge is 0.336 e. The number of carbonyl (C=O) groups is 1. The van der Waals surface area contributed by atoms with Crippen molar-refractivity contribution in [1.29, 1.82) is 0 Å². The van der Waals surface area contributed by atoms with Crippen LogP contribution in [0.25, 0.3) is 21.9 Å². The number of nitrogens with zero attached hydrogens (tertiary/aromatic N) is 1. The van der Waals surface area contributed by atoms with Crippen LogP contribution in [0, 0.1) is 0 Å². The van der Waals surface area contributed by atoms with Crippen LogP contribution in [0.15, 0.2) is 89.8 Å². The van der Waals surface area contributed by atoms with E-state index in [1.54, 1.807) is 25.1 Å². The molecule has 0 heterocycles. The van der Waals surface area contributed by atoms with Crippen molar-refractivity contribution in [2.75, 3.05) is 27.2 Å². The summed E-state index contributed by atoms with van der Waals surface area (Å²) in [5, 5.41) is 26.3. The molecule has 0 aliphatic heterocycles. The largest absolute Gasteiger partial charge is 0.478 e. The lowest BCUT2D eigenvalue weighted by Crippen LogP contribution is -2.46. The molecule has 0 aliphatic carbocycles. The number of ether oxygens (including phenoxy) is 1. The number of rotatable bonds is 13. The summed E-state index contributed by atoms with van der Waals surface area (Å²) in [5.74, 6) is -0.963. The van der Waals surface area contributed by atoms with E-state index in [4.69, 9.17) is 4.74 Å². The molecule has 0 bridgehead atoms. The second-order valence-electron chi connectivity index (χ2n) is 10.8. The van der Waals surface area contributed by atoms with Gasteiger partial charge in [-0.3, -0.25) is 0 Å². The minimum Gasteiger partial charge on any atom is -0.478 e. The molecule has 0 saturated heterocycles. The Balaban J connectivity index is 1.32. The fraction of sp³-hybridized carbons (Fsp3) is 0.303. The maximum atomic E-state index is 11.5. The van der Waals surface area contributed by atoms with Crippen LogP contribution in [-0.4, -0.2) is 59.4 Å². The first-order chi connectivity index (χ1) is 19.1. The SMILES string of the molecule is COCc1cc(-c2cccc(SN(C)C[C@H](O)CNC(C)(C)Cc3ccc4ccccc4c3)c2)ccc1C(=O)O. The van der Waals surface area contributed by atoms with Gasteiger partial charge in [0.1, 0.15) is 0 Å². The number of aliphatic hydroxyl groups excluding tert-OH is 1. The normalized spacial score (nSPS) is 12.7. The molecule has 0 spiro atoms. The maximum absolute atomic E-state index is 11.5. The third kappa shape index (κ3) is 8.16. The molecule has 0 aromatic heterocycles. The van der Waals surface area contributed by atoms with Crippen LogP contribution >= 0.6 is 11.9 Å². The first-order valence-corrected chi connectivity index (χ1v) is 14.2. The van der Waals surface area contributed by atoms with E-state index in [1.165, 1.54) is 16.3 Å². The van der Waals surface area contributed by atoms with Crippen LogP contribution in [0.5, 0.6) is 0 Å². The van der Waals surface area contributed by atoms with Gasteiger partial charge in [0.15, 0.2) is 0 Å². The number of likely N-dealkylation sites (N-methyl/N-ethyl adjacent to an activating group) is 1. The molecule has 210 valence electrons. The summed E-state index contributed by atoms with van der Waals surface area (Å²) in [5.41, 5.74) is 3.91. The number of fused-ring (bicyclic) bond motifs is 1. The third-order valence-electron chi connectivity index (χ3n) is 6.81. The Kier molecular flexibility index (Phi) is 10.0. The lowest BCUT2D eigenvalue weighted by molar-refractivity contribution is 0.0692. The minimum absolute atomic E-state index is 0.165. The summed E-state index contributed by atoms with van der Waals surface area (Å²) in [6.07, 6.45) is 0.332. The van der Waals surface area contributed by atoms with E-state index >= 15 is 0 Å². The molecular formula is C33H38N2O4S. The molecule has 3 N–H and O–H groups in total. The van der Waals surface area contributed by atoms with Gasteiger partial charge in [-0.1, -0.05) is 60.7 Å². The van der Waals surface area contributed by atoms with Gasteiger partial charge in [-0.05, 0) is 96.6 Å². The van der Waals surface area contributed by atoms with Crippen molar-refractivity contribution in [3.63, 3.8) is 0 Å². The Bertz CT molecular complexity index is 1460. The van der Waals surface area contributed by atoms with Gasteiger partial charge < -0.3 is 20.3 Å². The molecule has 0 radical (unpaired) electrons. The van der Waals surface area contributed by atoms with Gasteiger partial charge in [-0.2, -0.15) is 0 Å². The van der Waals surface area contributed by atoms with Crippen molar-refractivity contribution in [3.8, 4) is 11.1 Å². The average Bonchev–Trinajstić information content (AvgIpc) is 2.92. The number of methoxy groups -OCH3 is 1. The fourth-order valence-electron chi connectivity index (χ4n) is 4.88. The fourth-order valence-corrected chi connectivity index (χ4v) is 5.81. The summed E-state index contributed by atoms with van der Waals surface area (Å²) in [7, 11) is 3.53. The Hall–Kier alpha value is -3.20. The number of aliphatic hydroxyl groups is 1. The molecule has 0 amide bonds. The molecule has 6 nitrogen and oxygen atoms in total. The Morgan fingerprint density at radius 2 is 1.73 bits per heavy atom. The zero-order valence-electron chi connectivity index (χ0n) is 23.6. The van der Waals surface area contributed by atoms with Gasteiger partial charge >= 0.3 is 5.97 Å². The highest BCUT2D eigenvalue weighted by Gasteiger charge is 2.20. The topological polar surface area (TPSA) is 82.0 Å². The number of carboxylic acids is 1. The predicted molar refractivity (Wildman–Crippen MR) is 164 cm³/mol. The second kappa shape index (κ2) is 13.4. The average molecular weight is 559 g/mol. The van der Waals surface area contributed by atoms with E-state index in [-0.39, 0.29) is 17.7 Å². The summed E-state index contributed by atoms with van der Waals surface area (Å²) in [4.78, 5) is 12.6. The van der Waals surface area contributed by atoms with Crippen molar-refractivity contribution in [1.82, 2.24) is 9.62 Å². The maximum Gasteiger partial charge on any atom is 0.336 e. The van der Waals surface area contributed by atoms with Crippen molar-refractivity contribution in [2.45, 2.75) is 43.4 Å². The second-order valence-corrected chi connectivity index (χ2v) is 12.1. The molecule has 1 atom stereocenters. The van der Waals surface area contributed by atoms with E-state index < -0.39 is 12.1 Å². The number of hydrogen-bond donors (Lipinski definition) is 3. The highest BCUT2D eigenvalue weighted by Crippen LogP contribution is 2.29. The zero-order valence-corrected chi connectivity index (χ0v) is 24.4. The number of β-amino-alcohol motifs (C(OH)–C–C–N with tert-alkyl or cyclic N) is 1. The Morgan fingerprint density at radius 3 is 2.48 bits per heavy atom. The number of aromatic carboxylic acids is 1. The van der Waals surface area contributed by atoms with Crippen LogP contribution in [0.4, 0.5) is 0 Å². The van der Waals surface area contributed by atoms with Crippen LogP contribution < -0.4 is 5.32 Å². The lowest BCUT2D eigenvalue weighted by Gasteiger charge is -2.29. The first kappa shape index (κ1) is 29.8. The molecule has 4 aromatic rings. The number of hydrogen-bond acceptors (Lipinski definition) is 6. The molecule has 4 aromatic carbocycles. The third-order valence-corrected chi connectivity index (χ3v) is 7.73. The van der Waals surface area contributed by atoms with E-state index in [0.717, 1.165) is 22.4 Å². The molecule has 0 saturated carbocycles. The van der Waals surface area contributed by atoms with Gasteiger partial charge in [-0.25, -0.2) is 9.10 Å². The highest BCUT2D eigenvalue weighted by atomic mass is 32.2. The van der Waals surface area contributed by atoms with Crippen molar-refractivity contribution < 1.29 is 19.7 Å². The van der Waals surface area contributed by atoms with Crippen LogP contribution in [0.1, 0.15) is 35.3 Å². The lowest BCUT2D eigenvalue weighted by atomic mass is 9.93. The number of nitrogens with one attached hydrogen (secondary N) is 1. The summed E-state index contributed by atoms with van der Waals surface area (Å²) < 4.78 is 7.24. The van der Waals surface area contributed by atoms with Crippen LogP contribution in [0.2, 0.25) is 0 Å². The standard InChI is InChI=1S/C33H38N2O4S/c1-33(2,19-23-12-13-24-8-5-6-9-25(24)16-23)34-20-29(36)21-35(3)40-30-11-7-10-26(18-30)27-14-15-31(32(37)38)28(17-27)22-39-4/h5-18,29,34,36H,19-22H2,1-4H3,(H,37,38)/t29-/m1/s1. The Morgan fingerprint density at radius 1 is 0.975 bits per heavy atom. The van der Waals surface area contributed by atoms with Crippen LogP contribution in [0.3, 0.4) is 0 Å². The van der Waals surface area contributed by atoms with Gasteiger partial charge in [-0.15, -0.1) is 0 Å². The predicted octanol–water partition coefficient (Wildman–Crippen LogP) is 6.26. The highest BCUT2D eigenvalue weighted by molar-refractivity contribution is 7.97. The zero-order chi connectivity index (χ0) is 28.7. The summed E-state index contributed by atoms with van der Waals surface area (Å²) >= 11 is 1.57. The summed E-state index contributed by atoms with van der Waals surface area (Å²) in [6.45, 7) is 5.56. The van der Waals surface area contributed by atoms with Gasteiger partial charge in [0, 0.05) is 30.6 Å². The van der Waals surface area contributed by atoms with Gasteiger partial charge in [0.2, 0.25) is 0 Å². The van der Waals surface area contributed by atoms with E-state index in [1.807, 2.05) is 41.7 Å². The molecule has 0 fully saturated rings. The minimum atomic E-state index is -0.963. The van der Waals surface area contributed by atoms with E-state index in [2.05, 4.69) is 67.7 Å². The summed E-state index contributed by atoms with van der Waals surface area (Å²) in [6, 6.07) is 28.4. The van der Waals surface area contributed by atoms with Crippen molar-refractivity contribution in [3.05, 3.63) is 102 Å². The Labute approximate surface area is 241 Å². The van der Waals surface area contributed by atoms with Gasteiger partial charge in [0.25, 0.3) is 0 Å². The first-order valence-electron chi connectivity index (χ1n) is 13.4. The van der Waals surface area contributed by atoms with Crippen molar-refractivity contribution >= 4 is 28.7 Å². The van der Waals surface area contributed by atoms with Crippen molar-refractivity contribution in [2.24, 2.45) is 0 Å². The van der Waals surface area contributed by atoms with Crippen LogP contribution in [-0.2, 0) is 17.8 Å². The van der Waals surface area contributed by atoms with Gasteiger partial charge in [0.05, 0.1) is 18.3 Å². The number of carboxylic acid groups (broad SMARTS) is 1. The molecule has 40 heavy (non-hydrogen) atoms. The molecule has 7 heteroatoms. The molecule has 4 rings (SSSR count). The monoisotopic (exact) mass is 558 g/mol. The van der Waals surface area contributed by atoms with E-state index in [9.17, 15) is 15.0 Å².